The van der Waals surface area contributed by atoms with Crippen LogP contribution in [0.4, 0.5) is 0 Å². The Morgan fingerprint density at radius 3 is 2.50 bits per heavy atom. The first-order valence-electron chi connectivity index (χ1n) is 4.50. The van der Waals surface area contributed by atoms with Crippen molar-refractivity contribution in [2.75, 3.05) is 0 Å². The summed E-state index contributed by atoms with van der Waals surface area (Å²) in [7, 11) is 0. The fraction of sp³-hybridized carbons (Fsp3) is 0.364. The van der Waals surface area contributed by atoms with Crippen molar-refractivity contribution in [3.05, 3.63) is 35.9 Å². The summed E-state index contributed by atoms with van der Waals surface area (Å²) >= 11 is 0. The monoisotopic (exact) mass is 194 g/mol. The third-order valence-electron chi connectivity index (χ3n) is 1.74. The van der Waals surface area contributed by atoms with Crippen LogP contribution in [0, 0.1) is 0 Å². The van der Waals surface area contributed by atoms with Gasteiger partial charge in [0.15, 0.2) is 0 Å². The molecule has 1 aromatic carbocycles. The maximum Gasteiger partial charge on any atom is 1.00 e. The maximum atomic E-state index is 11.3. The summed E-state index contributed by atoms with van der Waals surface area (Å²) in [5.74, 6) is -0.388. The van der Waals surface area contributed by atoms with Crippen LogP contribution in [0.25, 0.3) is 0 Å². The average molecular weight is 194 g/mol. The SMILES string of the molecule is CC(C)(N)C(=O)OCc1ccccc1.[H+]. The molecule has 0 saturated carbocycles. The molecule has 0 heterocycles. The maximum absolute atomic E-state index is 11.3. The zero-order chi connectivity index (χ0) is 10.6. The zero-order valence-corrected chi connectivity index (χ0v) is 8.49. The summed E-state index contributed by atoms with van der Waals surface area (Å²) in [6.45, 7) is 3.53. The Morgan fingerprint density at radius 1 is 1.43 bits per heavy atom. The lowest BCUT2D eigenvalue weighted by atomic mass is 10.1. The van der Waals surface area contributed by atoms with Crippen molar-refractivity contribution < 1.29 is 11.0 Å². The highest BCUT2D eigenvalue weighted by atomic mass is 16.5. The lowest BCUT2D eigenvalue weighted by Crippen LogP contribution is -2.42. The minimum atomic E-state index is -0.922. The van der Waals surface area contributed by atoms with Crippen molar-refractivity contribution in [3.8, 4) is 0 Å². The van der Waals surface area contributed by atoms with Crippen LogP contribution in [-0.2, 0) is 16.1 Å². The molecule has 0 spiro atoms. The van der Waals surface area contributed by atoms with E-state index < -0.39 is 5.54 Å². The predicted molar refractivity (Wildman–Crippen MR) is 55.6 cm³/mol. The second-order valence-electron chi connectivity index (χ2n) is 3.78. The molecule has 0 saturated heterocycles. The van der Waals surface area contributed by atoms with Crippen molar-refractivity contribution in [3.63, 3.8) is 0 Å². The Bertz CT molecular complexity index is 306. The topological polar surface area (TPSA) is 52.3 Å². The highest BCUT2D eigenvalue weighted by Gasteiger charge is 2.23. The van der Waals surface area contributed by atoms with Gasteiger partial charge in [-0.05, 0) is 19.4 Å². The van der Waals surface area contributed by atoms with E-state index in [1.165, 1.54) is 0 Å². The molecule has 3 nitrogen and oxygen atoms in total. The Labute approximate surface area is 85.4 Å². The molecule has 0 aliphatic carbocycles. The van der Waals surface area contributed by atoms with Crippen LogP contribution in [0.15, 0.2) is 30.3 Å². The molecule has 3 heteroatoms. The van der Waals surface area contributed by atoms with Crippen LogP contribution in [-0.4, -0.2) is 11.5 Å². The molecular formula is C11H16NO2+. The summed E-state index contributed by atoms with van der Waals surface area (Å²) in [5, 5.41) is 0. The normalized spacial score (nSPS) is 11.1. The van der Waals surface area contributed by atoms with Gasteiger partial charge in [-0.25, -0.2) is 0 Å². The van der Waals surface area contributed by atoms with Gasteiger partial charge in [-0.15, -0.1) is 0 Å². The number of esters is 1. The van der Waals surface area contributed by atoms with Crippen LogP contribution in [0.2, 0.25) is 0 Å². The third-order valence-corrected chi connectivity index (χ3v) is 1.74. The van der Waals surface area contributed by atoms with E-state index in [2.05, 4.69) is 0 Å². The van der Waals surface area contributed by atoms with Gasteiger partial charge in [-0.2, -0.15) is 0 Å². The van der Waals surface area contributed by atoms with Crippen molar-refractivity contribution in [2.24, 2.45) is 5.73 Å². The molecule has 14 heavy (non-hydrogen) atoms. The second kappa shape index (κ2) is 4.24. The third kappa shape index (κ3) is 3.18. The van der Waals surface area contributed by atoms with Gasteiger partial charge in [0.2, 0.25) is 0 Å². The Balaban J connectivity index is 0.00000196. The fourth-order valence-electron chi connectivity index (χ4n) is 0.909. The van der Waals surface area contributed by atoms with E-state index in [0.29, 0.717) is 0 Å². The first-order chi connectivity index (χ1) is 6.50. The lowest BCUT2D eigenvalue weighted by Gasteiger charge is -2.16. The smallest absolute Gasteiger partial charge is 0.459 e. The number of carbonyl (C=O) groups is 1. The number of ether oxygens (including phenoxy) is 1. The van der Waals surface area contributed by atoms with Gasteiger partial charge in [-0.1, -0.05) is 30.3 Å². The Morgan fingerprint density at radius 2 is 2.00 bits per heavy atom. The number of benzene rings is 1. The highest BCUT2D eigenvalue weighted by Crippen LogP contribution is 2.05. The Hall–Kier alpha value is -1.35. The first kappa shape index (κ1) is 10.7. The van der Waals surface area contributed by atoms with Gasteiger partial charge < -0.3 is 10.5 Å². The Kier molecular flexibility index (Phi) is 3.25. The van der Waals surface area contributed by atoms with E-state index >= 15 is 0 Å². The van der Waals surface area contributed by atoms with Gasteiger partial charge in [0.05, 0.1) is 0 Å². The van der Waals surface area contributed by atoms with Gasteiger partial charge in [-0.3, -0.25) is 4.79 Å². The molecule has 76 valence electrons. The molecule has 0 aliphatic heterocycles. The minimum absolute atomic E-state index is 0. The quantitative estimate of drug-likeness (QED) is 0.743. The van der Waals surface area contributed by atoms with E-state index in [1.54, 1.807) is 13.8 Å². The number of hydrogen-bond acceptors (Lipinski definition) is 3. The number of carbonyl (C=O) groups excluding carboxylic acids is 1. The van der Waals surface area contributed by atoms with Crippen LogP contribution < -0.4 is 5.73 Å². The standard InChI is InChI=1S/C11H15NO2/c1-11(2,12)10(13)14-8-9-6-4-3-5-7-9/h3-7H,8,12H2,1-2H3/p+1. The molecule has 1 rings (SSSR count). The highest BCUT2D eigenvalue weighted by molar-refractivity contribution is 5.79. The van der Waals surface area contributed by atoms with Crippen LogP contribution in [0.3, 0.4) is 0 Å². The largest absolute Gasteiger partial charge is 1.00 e. The molecule has 0 bridgehead atoms. The summed E-state index contributed by atoms with van der Waals surface area (Å²) in [6, 6.07) is 9.51. The van der Waals surface area contributed by atoms with E-state index in [1.807, 2.05) is 30.3 Å². The molecule has 0 radical (unpaired) electrons. The van der Waals surface area contributed by atoms with Gasteiger partial charge in [0.25, 0.3) is 0 Å². The fourth-order valence-corrected chi connectivity index (χ4v) is 0.909. The van der Waals surface area contributed by atoms with Gasteiger partial charge in [0, 0.05) is 0 Å². The van der Waals surface area contributed by atoms with Crippen LogP contribution in [0.5, 0.6) is 0 Å². The predicted octanol–water partition coefficient (Wildman–Crippen LogP) is 1.58. The summed E-state index contributed by atoms with van der Waals surface area (Å²) in [4.78, 5) is 11.3. The molecule has 0 atom stereocenters. The molecule has 0 aliphatic rings. The minimum Gasteiger partial charge on any atom is -0.459 e. The van der Waals surface area contributed by atoms with E-state index in [-0.39, 0.29) is 14.0 Å². The summed E-state index contributed by atoms with van der Waals surface area (Å²) in [6.07, 6.45) is 0. The average Bonchev–Trinajstić information content (AvgIpc) is 2.14. The molecule has 0 amide bonds. The van der Waals surface area contributed by atoms with E-state index in [4.69, 9.17) is 10.5 Å². The van der Waals surface area contributed by atoms with Crippen molar-refractivity contribution in [1.82, 2.24) is 0 Å². The molecule has 1 aromatic rings. The van der Waals surface area contributed by atoms with E-state index in [0.717, 1.165) is 5.56 Å². The summed E-state index contributed by atoms with van der Waals surface area (Å²) in [5.41, 5.74) is 5.61. The molecule has 2 N–H and O–H groups in total. The van der Waals surface area contributed by atoms with Gasteiger partial charge >= 0.3 is 7.40 Å². The van der Waals surface area contributed by atoms with Crippen molar-refractivity contribution >= 4 is 5.97 Å². The van der Waals surface area contributed by atoms with Gasteiger partial charge in [0.1, 0.15) is 12.1 Å². The molecule has 0 aromatic heterocycles. The molecule has 0 unspecified atom stereocenters. The first-order valence-corrected chi connectivity index (χ1v) is 4.50. The number of nitrogens with two attached hydrogens (primary N) is 1. The summed E-state index contributed by atoms with van der Waals surface area (Å²) < 4.78 is 5.03. The van der Waals surface area contributed by atoms with Crippen molar-refractivity contribution in [1.29, 1.82) is 0 Å². The number of rotatable bonds is 3. The van der Waals surface area contributed by atoms with Crippen molar-refractivity contribution in [2.45, 2.75) is 26.0 Å². The van der Waals surface area contributed by atoms with Crippen LogP contribution in [0.1, 0.15) is 20.8 Å². The van der Waals surface area contributed by atoms with Crippen LogP contribution >= 0.6 is 0 Å². The number of hydrogen-bond donors (Lipinski definition) is 1. The zero-order valence-electron chi connectivity index (χ0n) is 9.49. The van der Waals surface area contributed by atoms with E-state index in [9.17, 15) is 4.79 Å². The second-order valence-corrected chi connectivity index (χ2v) is 3.78. The molecular weight excluding hydrogens is 178 g/mol. The lowest BCUT2D eigenvalue weighted by molar-refractivity contribution is -0.150. The molecule has 0 fully saturated rings.